The Kier molecular flexibility index (Phi) is 5.10. The number of benzene rings is 1. The first-order valence-electron chi connectivity index (χ1n) is 5.80. The van der Waals surface area contributed by atoms with Crippen molar-refractivity contribution < 1.29 is 26.7 Å². The second-order valence-corrected chi connectivity index (χ2v) is 7.89. The van der Waals surface area contributed by atoms with Crippen molar-refractivity contribution in [3.8, 4) is 0 Å². The quantitative estimate of drug-likeness (QED) is 0.651. The van der Waals surface area contributed by atoms with Crippen LogP contribution in [-0.4, -0.2) is 41.0 Å². The summed E-state index contributed by atoms with van der Waals surface area (Å²) in [4.78, 5) is 10.4. The first kappa shape index (κ1) is 17.6. The normalized spacial score (nSPS) is 13.9. The molecule has 0 aliphatic rings. The lowest BCUT2D eigenvalue weighted by atomic mass is 10.2. The molecule has 0 aromatic heterocycles. The van der Waals surface area contributed by atoms with Crippen molar-refractivity contribution in [2.24, 2.45) is 0 Å². The number of carboxylic acids is 1. The summed E-state index contributed by atoms with van der Waals surface area (Å²) in [6.07, 6.45) is 0. The van der Waals surface area contributed by atoms with Gasteiger partial charge in [0.15, 0.2) is 0 Å². The third-order valence-electron chi connectivity index (χ3n) is 2.72. The Morgan fingerprint density at radius 1 is 1.19 bits per heavy atom. The second kappa shape index (κ2) is 6.10. The molecule has 1 aromatic rings. The number of sulfonamides is 2. The van der Waals surface area contributed by atoms with Crippen molar-refractivity contribution in [2.75, 3.05) is 7.05 Å². The number of hydrogen-bond acceptors (Lipinski definition) is 5. The highest BCUT2D eigenvalue weighted by Gasteiger charge is 2.23. The van der Waals surface area contributed by atoms with E-state index in [2.05, 4.69) is 4.72 Å². The molecular weight excluding hydrogens is 320 g/mol. The number of hydrogen-bond donors (Lipinski definition) is 3. The fraction of sp³-hybridized carbons (Fsp3) is 0.364. The summed E-state index contributed by atoms with van der Waals surface area (Å²) in [5, 5.41) is 8.72. The maximum Gasteiger partial charge on any atom is 0.321 e. The molecule has 0 spiro atoms. The van der Waals surface area contributed by atoms with Crippen LogP contribution in [0.25, 0.3) is 0 Å². The minimum absolute atomic E-state index is 0.0461. The van der Waals surface area contributed by atoms with Gasteiger partial charge in [-0.15, -0.1) is 0 Å². The van der Waals surface area contributed by atoms with Gasteiger partial charge in [0.1, 0.15) is 6.04 Å². The lowest BCUT2D eigenvalue weighted by Gasteiger charge is -2.12. The summed E-state index contributed by atoms with van der Waals surface area (Å²) >= 11 is 0. The zero-order valence-corrected chi connectivity index (χ0v) is 13.2. The van der Waals surface area contributed by atoms with Crippen LogP contribution in [0, 0.1) is 6.92 Å². The average molecular weight is 336 g/mol. The first-order valence-corrected chi connectivity index (χ1v) is 8.77. The van der Waals surface area contributed by atoms with Gasteiger partial charge in [0.2, 0.25) is 20.0 Å². The smallest absolute Gasteiger partial charge is 0.321 e. The van der Waals surface area contributed by atoms with Gasteiger partial charge < -0.3 is 5.11 Å². The highest BCUT2D eigenvalue weighted by atomic mass is 32.2. The minimum Gasteiger partial charge on any atom is -0.480 e. The molecule has 0 amide bonds. The number of rotatable bonds is 6. The van der Waals surface area contributed by atoms with E-state index in [4.69, 9.17) is 5.11 Å². The largest absolute Gasteiger partial charge is 0.480 e. The van der Waals surface area contributed by atoms with Crippen molar-refractivity contribution in [3.63, 3.8) is 0 Å². The molecule has 0 aliphatic carbocycles. The minimum atomic E-state index is -4.04. The van der Waals surface area contributed by atoms with Crippen molar-refractivity contribution in [1.82, 2.24) is 9.44 Å². The lowest BCUT2D eigenvalue weighted by Crippen LogP contribution is -2.38. The zero-order chi connectivity index (χ0) is 16.4. The molecule has 118 valence electrons. The molecule has 10 heteroatoms. The third kappa shape index (κ3) is 4.00. The molecule has 0 saturated carbocycles. The zero-order valence-electron chi connectivity index (χ0n) is 11.6. The van der Waals surface area contributed by atoms with Gasteiger partial charge in [-0.2, -0.15) is 4.72 Å². The summed E-state index contributed by atoms with van der Waals surface area (Å²) in [5.41, 5.74) is 0.232. The molecule has 21 heavy (non-hydrogen) atoms. The molecule has 0 saturated heterocycles. The van der Waals surface area contributed by atoms with Crippen LogP contribution < -0.4 is 9.44 Å². The molecule has 1 rings (SSSR count). The van der Waals surface area contributed by atoms with Crippen LogP contribution in [-0.2, 0) is 24.8 Å². The monoisotopic (exact) mass is 336 g/mol. The Hall–Kier alpha value is -1.49. The van der Waals surface area contributed by atoms with Gasteiger partial charge in [0.25, 0.3) is 0 Å². The fourth-order valence-corrected chi connectivity index (χ4v) is 3.78. The third-order valence-corrected chi connectivity index (χ3v) is 5.83. The summed E-state index contributed by atoms with van der Waals surface area (Å²) in [6, 6.07) is 2.13. The van der Waals surface area contributed by atoms with Crippen LogP contribution in [0.1, 0.15) is 12.5 Å². The van der Waals surface area contributed by atoms with E-state index in [1.54, 1.807) is 0 Å². The predicted octanol–water partition coefficient (Wildman–Crippen LogP) is -0.345. The van der Waals surface area contributed by atoms with E-state index < -0.39 is 32.1 Å². The molecule has 1 aromatic carbocycles. The predicted molar refractivity (Wildman–Crippen MR) is 74.8 cm³/mol. The molecule has 0 heterocycles. The van der Waals surface area contributed by atoms with E-state index in [0.29, 0.717) is 0 Å². The molecule has 0 aliphatic heterocycles. The second-order valence-electron chi connectivity index (χ2n) is 4.32. The Morgan fingerprint density at radius 2 is 1.76 bits per heavy atom. The Labute approximate surface area is 123 Å². The molecule has 0 unspecified atom stereocenters. The number of aryl methyl sites for hydroxylation is 1. The Bertz CT molecular complexity index is 755. The van der Waals surface area contributed by atoms with E-state index in [-0.39, 0.29) is 15.4 Å². The van der Waals surface area contributed by atoms with E-state index in [9.17, 15) is 21.6 Å². The summed E-state index contributed by atoms with van der Waals surface area (Å²) in [5.74, 6) is -1.32. The highest BCUT2D eigenvalue weighted by molar-refractivity contribution is 7.90. The van der Waals surface area contributed by atoms with Gasteiger partial charge in [0.05, 0.1) is 9.79 Å². The van der Waals surface area contributed by atoms with E-state index in [0.717, 1.165) is 12.1 Å². The summed E-state index contributed by atoms with van der Waals surface area (Å²) in [7, 11) is -6.48. The number of carboxylic acid groups (broad SMARTS) is 1. The average Bonchev–Trinajstić information content (AvgIpc) is 2.37. The van der Waals surface area contributed by atoms with Gasteiger partial charge in [-0.3, -0.25) is 4.79 Å². The number of carbonyl (C=O) groups is 1. The molecule has 1 atom stereocenters. The van der Waals surface area contributed by atoms with Gasteiger partial charge in [-0.05, 0) is 44.7 Å². The van der Waals surface area contributed by atoms with Crippen LogP contribution in [0.5, 0.6) is 0 Å². The highest BCUT2D eigenvalue weighted by Crippen LogP contribution is 2.19. The van der Waals surface area contributed by atoms with E-state index >= 15 is 0 Å². The van der Waals surface area contributed by atoms with Crippen molar-refractivity contribution in [2.45, 2.75) is 29.7 Å². The standard InChI is InChI=1S/C11H16N2O6S2/c1-7-6-9(4-5-10(7)21(18,19)12-3)20(16,17)13-8(2)11(14)15/h4-6,8,12-13H,1-3H3,(H,14,15)/t8-/m0/s1. The maximum atomic E-state index is 12.0. The molecule has 0 bridgehead atoms. The van der Waals surface area contributed by atoms with Crippen LogP contribution in [0.4, 0.5) is 0 Å². The molecule has 8 nitrogen and oxygen atoms in total. The topological polar surface area (TPSA) is 130 Å². The molecule has 0 radical (unpaired) electrons. The molecular formula is C11H16N2O6S2. The van der Waals surface area contributed by atoms with E-state index in [1.807, 2.05) is 4.72 Å². The number of aliphatic carboxylic acids is 1. The van der Waals surface area contributed by atoms with Crippen molar-refractivity contribution in [1.29, 1.82) is 0 Å². The Morgan fingerprint density at radius 3 is 2.19 bits per heavy atom. The lowest BCUT2D eigenvalue weighted by molar-refractivity contribution is -0.138. The summed E-state index contributed by atoms with van der Waals surface area (Å²) < 4.78 is 51.5. The van der Waals surface area contributed by atoms with Gasteiger partial charge >= 0.3 is 5.97 Å². The van der Waals surface area contributed by atoms with Gasteiger partial charge in [0, 0.05) is 0 Å². The van der Waals surface area contributed by atoms with Gasteiger partial charge in [-0.1, -0.05) is 0 Å². The fourth-order valence-electron chi connectivity index (χ4n) is 1.55. The van der Waals surface area contributed by atoms with E-state index in [1.165, 1.54) is 27.0 Å². The maximum absolute atomic E-state index is 12.0. The SMILES string of the molecule is CNS(=O)(=O)c1ccc(S(=O)(=O)N[C@@H](C)C(=O)O)cc1C. The van der Waals surface area contributed by atoms with Crippen molar-refractivity contribution in [3.05, 3.63) is 23.8 Å². The Balaban J connectivity index is 3.24. The molecule has 3 N–H and O–H groups in total. The van der Waals surface area contributed by atoms with Gasteiger partial charge in [-0.25, -0.2) is 21.6 Å². The number of nitrogens with one attached hydrogen (secondary N) is 2. The summed E-state index contributed by atoms with van der Waals surface area (Å²) in [6.45, 7) is 2.64. The molecule has 0 fully saturated rings. The van der Waals surface area contributed by atoms with Crippen LogP contribution in [0.2, 0.25) is 0 Å². The van der Waals surface area contributed by atoms with Crippen molar-refractivity contribution >= 4 is 26.0 Å². The first-order chi connectivity index (χ1) is 9.51. The van der Waals surface area contributed by atoms with Crippen LogP contribution in [0.15, 0.2) is 28.0 Å². The van der Waals surface area contributed by atoms with Crippen LogP contribution in [0.3, 0.4) is 0 Å². The van der Waals surface area contributed by atoms with Crippen LogP contribution >= 0.6 is 0 Å².